The number of imidazole rings is 1. The summed E-state index contributed by atoms with van der Waals surface area (Å²) in [5, 5.41) is 0. The number of aromatic nitrogens is 2. The Labute approximate surface area is 88.6 Å². The van der Waals surface area contributed by atoms with Crippen molar-refractivity contribution in [2.75, 3.05) is 5.88 Å². The maximum Gasteiger partial charge on any atom is 0.328 e. The van der Waals surface area contributed by atoms with E-state index in [0.29, 0.717) is 12.4 Å². The van der Waals surface area contributed by atoms with Gasteiger partial charge in [-0.2, -0.15) is 0 Å². The summed E-state index contributed by atoms with van der Waals surface area (Å²) in [6.45, 7) is 4.56. The Hall–Kier alpha value is -0.960. The molecule has 0 spiro atoms. The van der Waals surface area contributed by atoms with Crippen LogP contribution in [-0.2, 0) is 6.54 Å². The van der Waals surface area contributed by atoms with Crippen LogP contribution in [0.3, 0.4) is 0 Å². The molecule has 0 saturated heterocycles. The summed E-state index contributed by atoms with van der Waals surface area (Å²) in [4.78, 5) is 11.7. The first-order chi connectivity index (χ1) is 6.66. The second-order valence-corrected chi connectivity index (χ2v) is 3.67. The van der Waals surface area contributed by atoms with Crippen LogP contribution in [-0.4, -0.2) is 15.0 Å². The molecule has 78 valence electrons. The van der Waals surface area contributed by atoms with Crippen LogP contribution in [0.15, 0.2) is 29.3 Å². The van der Waals surface area contributed by atoms with E-state index in [4.69, 9.17) is 11.6 Å². The predicted octanol–water partition coefficient (Wildman–Crippen LogP) is 2.03. The maximum absolute atomic E-state index is 11.7. The molecule has 1 heterocycles. The molecule has 0 aromatic carbocycles. The van der Waals surface area contributed by atoms with Crippen LogP contribution >= 0.6 is 11.6 Å². The standard InChI is InChI=1S/C10H15ClN2O/c1-9(2)13-8-7-12(10(13)14)6-4-3-5-11/h3-4,7-9H,5-6H2,1-2H3/b4-3+. The summed E-state index contributed by atoms with van der Waals surface area (Å²) in [5.74, 6) is 0.486. The van der Waals surface area contributed by atoms with Gasteiger partial charge in [0.05, 0.1) is 0 Å². The van der Waals surface area contributed by atoms with Crippen molar-refractivity contribution in [1.29, 1.82) is 0 Å². The van der Waals surface area contributed by atoms with Gasteiger partial charge in [-0.15, -0.1) is 11.6 Å². The highest BCUT2D eigenvalue weighted by atomic mass is 35.5. The zero-order chi connectivity index (χ0) is 10.6. The van der Waals surface area contributed by atoms with E-state index < -0.39 is 0 Å². The van der Waals surface area contributed by atoms with E-state index in [-0.39, 0.29) is 11.7 Å². The summed E-state index contributed by atoms with van der Waals surface area (Å²) < 4.78 is 3.36. The first-order valence-electron chi connectivity index (χ1n) is 4.65. The lowest BCUT2D eigenvalue weighted by molar-refractivity contribution is 0.562. The van der Waals surface area contributed by atoms with Gasteiger partial charge < -0.3 is 0 Å². The third kappa shape index (κ3) is 2.51. The largest absolute Gasteiger partial charge is 0.328 e. The minimum atomic E-state index is 0.0271. The zero-order valence-corrected chi connectivity index (χ0v) is 9.24. The minimum absolute atomic E-state index is 0.0271. The van der Waals surface area contributed by atoms with Crippen molar-refractivity contribution in [3.8, 4) is 0 Å². The van der Waals surface area contributed by atoms with Crippen LogP contribution in [0, 0.1) is 0 Å². The lowest BCUT2D eigenvalue weighted by Crippen LogP contribution is -2.24. The van der Waals surface area contributed by atoms with Gasteiger partial charge >= 0.3 is 5.69 Å². The normalized spacial score (nSPS) is 11.7. The van der Waals surface area contributed by atoms with E-state index >= 15 is 0 Å². The van der Waals surface area contributed by atoms with Crippen LogP contribution in [0.25, 0.3) is 0 Å². The van der Waals surface area contributed by atoms with Crippen LogP contribution in [0.1, 0.15) is 19.9 Å². The highest BCUT2D eigenvalue weighted by Gasteiger charge is 2.03. The Morgan fingerprint density at radius 2 is 2.14 bits per heavy atom. The molecule has 0 aliphatic rings. The average molecular weight is 215 g/mol. The second-order valence-electron chi connectivity index (χ2n) is 3.36. The molecule has 0 radical (unpaired) electrons. The molecule has 1 aromatic rings. The van der Waals surface area contributed by atoms with Crippen LogP contribution in [0.4, 0.5) is 0 Å². The first-order valence-corrected chi connectivity index (χ1v) is 5.18. The summed E-state index contributed by atoms with van der Waals surface area (Å²) >= 11 is 5.48. The molecule has 1 aromatic heterocycles. The molecule has 0 atom stereocenters. The van der Waals surface area contributed by atoms with Gasteiger partial charge in [0.1, 0.15) is 0 Å². The van der Waals surface area contributed by atoms with E-state index in [9.17, 15) is 4.79 Å². The van der Waals surface area contributed by atoms with Gasteiger partial charge in [0.2, 0.25) is 0 Å². The molecule has 4 heteroatoms. The molecular formula is C10H15ClN2O. The Bertz CT molecular complexity index is 362. The summed E-state index contributed by atoms with van der Waals surface area (Å²) in [6.07, 6.45) is 7.32. The maximum atomic E-state index is 11.7. The Kier molecular flexibility index (Phi) is 4.01. The molecule has 0 fully saturated rings. The summed E-state index contributed by atoms with van der Waals surface area (Å²) in [7, 11) is 0. The third-order valence-corrected chi connectivity index (χ3v) is 2.17. The van der Waals surface area contributed by atoms with E-state index in [2.05, 4.69) is 0 Å². The summed E-state index contributed by atoms with van der Waals surface area (Å²) in [5.41, 5.74) is 0.0271. The second kappa shape index (κ2) is 5.05. The summed E-state index contributed by atoms with van der Waals surface area (Å²) in [6, 6.07) is 0.209. The Balaban J connectivity index is 2.80. The van der Waals surface area contributed by atoms with Gasteiger partial charge in [-0.3, -0.25) is 9.13 Å². The van der Waals surface area contributed by atoms with Gasteiger partial charge in [-0.1, -0.05) is 12.2 Å². The van der Waals surface area contributed by atoms with Crippen molar-refractivity contribution in [3.05, 3.63) is 35.0 Å². The van der Waals surface area contributed by atoms with Gasteiger partial charge in [0.15, 0.2) is 0 Å². The number of hydrogen-bond acceptors (Lipinski definition) is 1. The van der Waals surface area contributed by atoms with Gasteiger partial charge in [0.25, 0.3) is 0 Å². The third-order valence-electron chi connectivity index (χ3n) is 1.99. The number of hydrogen-bond donors (Lipinski definition) is 0. The van der Waals surface area contributed by atoms with Crippen molar-refractivity contribution >= 4 is 11.6 Å². The number of halogens is 1. The fourth-order valence-corrected chi connectivity index (χ4v) is 1.34. The van der Waals surface area contributed by atoms with E-state index in [1.165, 1.54) is 0 Å². The number of rotatable bonds is 4. The molecule has 0 aliphatic carbocycles. The van der Waals surface area contributed by atoms with Crippen molar-refractivity contribution in [1.82, 2.24) is 9.13 Å². The van der Waals surface area contributed by atoms with Gasteiger partial charge in [0, 0.05) is 30.9 Å². The first kappa shape index (κ1) is 11.1. The Morgan fingerprint density at radius 1 is 1.43 bits per heavy atom. The highest BCUT2D eigenvalue weighted by molar-refractivity contribution is 6.18. The average Bonchev–Trinajstić information content (AvgIpc) is 2.48. The van der Waals surface area contributed by atoms with E-state index in [0.717, 1.165) is 0 Å². The van der Waals surface area contributed by atoms with Crippen LogP contribution in [0.5, 0.6) is 0 Å². The zero-order valence-electron chi connectivity index (χ0n) is 8.48. The topological polar surface area (TPSA) is 26.9 Å². The van der Waals surface area contributed by atoms with Crippen molar-refractivity contribution < 1.29 is 0 Å². The Morgan fingerprint density at radius 3 is 2.64 bits per heavy atom. The molecule has 0 N–H and O–H groups in total. The SMILES string of the molecule is CC(C)n1ccn(C/C=C/CCl)c1=O. The molecule has 0 aliphatic heterocycles. The molecule has 14 heavy (non-hydrogen) atoms. The van der Waals surface area contributed by atoms with Gasteiger partial charge in [-0.25, -0.2) is 4.79 Å². The molecule has 0 saturated carbocycles. The molecular weight excluding hydrogens is 200 g/mol. The lowest BCUT2D eigenvalue weighted by Gasteiger charge is -2.03. The van der Waals surface area contributed by atoms with Crippen LogP contribution < -0.4 is 5.69 Å². The molecule has 3 nitrogen and oxygen atoms in total. The van der Waals surface area contributed by atoms with Crippen molar-refractivity contribution in [2.45, 2.75) is 26.4 Å². The van der Waals surface area contributed by atoms with Crippen molar-refractivity contribution in [3.63, 3.8) is 0 Å². The fourth-order valence-electron chi connectivity index (χ4n) is 1.21. The molecule has 0 bridgehead atoms. The minimum Gasteiger partial charge on any atom is -0.297 e. The van der Waals surface area contributed by atoms with Crippen LogP contribution in [0.2, 0.25) is 0 Å². The van der Waals surface area contributed by atoms with Crippen molar-refractivity contribution in [2.24, 2.45) is 0 Å². The molecule has 0 amide bonds. The highest BCUT2D eigenvalue weighted by Crippen LogP contribution is 1.98. The fraction of sp³-hybridized carbons (Fsp3) is 0.500. The smallest absolute Gasteiger partial charge is 0.297 e. The molecule has 0 unspecified atom stereocenters. The van der Waals surface area contributed by atoms with Gasteiger partial charge in [-0.05, 0) is 13.8 Å². The number of nitrogens with zero attached hydrogens (tertiary/aromatic N) is 2. The van der Waals surface area contributed by atoms with E-state index in [1.54, 1.807) is 15.3 Å². The predicted molar refractivity (Wildman–Crippen MR) is 58.9 cm³/mol. The quantitative estimate of drug-likeness (QED) is 0.557. The monoisotopic (exact) mass is 214 g/mol. The number of allylic oxidation sites excluding steroid dienone is 2. The lowest BCUT2D eigenvalue weighted by atomic mass is 10.4. The van der Waals surface area contributed by atoms with E-state index in [1.807, 2.05) is 32.2 Å². The number of alkyl halides is 1. The molecule has 1 rings (SSSR count).